The van der Waals surface area contributed by atoms with Crippen molar-refractivity contribution in [2.24, 2.45) is 5.92 Å². The predicted octanol–water partition coefficient (Wildman–Crippen LogP) is 2.36. The minimum absolute atomic E-state index is 0.545. The van der Waals surface area contributed by atoms with E-state index in [0.717, 1.165) is 12.5 Å². The van der Waals surface area contributed by atoms with Gasteiger partial charge in [-0.15, -0.1) is 0 Å². The highest BCUT2D eigenvalue weighted by atomic mass is 15.3. The van der Waals surface area contributed by atoms with Gasteiger partial charge in [0.25, 0.3) is 0 Å². The van der Waals surface area contributed by atoms with Gasteiger partial charge in [0.1, 0.15) is 0 Å². The summed E-state index contributed by atoms with van der Waals surface area (Å²) in [6.07, 6.45) is 2.66. The van der Waals surface area contributed by atoms with E-state index in [2.05, 4.69) is 59.4 Å². The number of hydrogen-bond acceptors (Lipinski definition) is 3. The van der Waals surface area contributed by atoms with Crippen molar-refractivity contribution in [3.05, 3.63) is 35.9 Å². The number of hydrogen-bond donors (Lipinski definition) is 1. The summed E-state index contributed by atoms with van der Waals surface area (Å²) in [5, 5.41) is 3.72. The van der Waals surface area contributed by atoms with Crippen LogP contribution in [0.3, 0.4) is 0 Å². The number of benzene rings is 1. The van der Waals surface area contributed by atoms with Crippen LogP contribution in [-0.2, 0) is 0 Å². The van der Waals surface area contributed by atoms with Gasteiger partial charge in [-0.2, -0.15) is 0 Å². The SMILES string of the molecule is CC1CCNC(CN2CCN(C)CC2c2ccccc2)C1. The van der Waals surface area contributed by atoms with Crippen molar-refractivity contribution in [3.8, 4) is 0 Å². The van der Waals surface area contributed by atoms with Crippen molar-refractivity contribution < 1.29 is 0 Å². The topological polar surface area (TPSA) is 18.5 Å². The van der Waals surface area contributed by atoms with E-state index in [9.17, 15) is 0 Å². The highest BCUT2D eigenvalue weighted by Gasteiger charge is 2.29. The van der Waals surface area contributed by atoms with Crippen LogP contribution in [0.1, 0.15) is 31.4 Å². The van der Waals surface area contributed by atoms with E-state index in [0.29, 0.717) is 12.1 Å². The molecular weight excluding hydrogens is 258 g/mol. The van der Waals surface area contributed by atoms with E-state index in [4.69, 9.17) is 0 Å². The first-order valence-corrected chi connectivity index (χ1v) is 8.43. The highest BCUT2D eigenvalue weighted by molar-refractivity contribution is 5.20. The standard InChI is InChI=1S/C18H29N3/c1-15-8-9-19-17(12-15)13-21-11-10-20(2)14-18(21)16-6-4-3-5-7-16/h3-7,15,17-19H,8-14H2,1-2H3. The zero-order chi connectivity index (χ0) is 14.7. The third kappa shape index (κ3) is 3.85. The normalized spacial score (nSPS) is 32.2. The molecule has 2 fully saturated rings. The molecule has 0 bridgehead atoms. The van der Waals surface area contributed by atoms with Crippen molar-refractivity contribution in [2.75, 3.05) is 39.8 Å². The molecule has 0 amide bonds. The Labute approximate surface area is 129 Å². The first-order chi connectivity index (χ1) is 10.2. The molecule has 2 aliphatic heterocycles. The lowest BCUT2D eigenvalue weighted by molar-refractivity contribution is 0.0740. The molecular formula is C18H29N3. The number of piperidine rings is 1. The van der Waals surface area contributed by atoms with Crippen LogP contribution in [0.15, 0.2) is 30.3 Å². The van der Waals surface area contributed by atoms with E-state index >= 15 is 0 Å². The molecule has 21 heavy (non-hydrogen) atoms. The molecule has 2 saturated heterocycles. The molecule has 0 aliphatic carbocycles. The molecule has 1 N–H and O–H groups in total. The van der Waals surface area contributed by atoms with Crippen LogP contribution in [-0.4, -0.2) is 55.6 Å². The van der Waals surface area contributed by atoms with Gasteiger partial charge in [-0.3, -0.25) is 4.90 Å². The Morgan fingerprint density at radius 1 is 1.19 bits per heavy atom. The summed E-state index contributed by atoms with van der Waals surface area (Å²) in [4.78, 5) is 5.16. The van der Waals surface area contributed by atoms with Gasteiger partial charge in [0.2, 0.25) is 0 Å². The molecule has 1 aromatic carbocycles. The average Bonchev–Trinajstić information content (AvgIpc) is 2.50. The largest absolute Gasteiger partial charge is 0.313 e. The molecule has 0 aromatic heterocycles. The molecule has 3 rings (SSSR count). The predicted molar refractivity (Wildman–Crippen MR) is 88.4 cm³/mol. The Morgan fingerprint density at radius 2 is 2.00 bits per heavy atom. The lowest BCUT2D eigenvalue weighted by Crippen LogP contribution is -2.52. The molecule has 3 unspecified atom stereocenters. The van der Waals surface area contributed by atoms with Crippen molar-refractivity contribution in [1.29, 1.82) is 0 Å². The maximum absolute atomic E-state index is 3.72. The monoisotopic (exact) mass is 287 g/mol. The van der Waals surface area contributed by atoms with Crippen LogP contribution in [0.25, 0.3) is 0 Å². The van der Waals surface area contributed by atoms with E-state index in [1.54, 1.807) is 0 Å². The molecule has 0 spiro atoms. The second-order valence-electron chi connectivity index (χ2n) is 6.96. The summed E-state index contributed by atoms with van der Waals surface area (Å²) >= 11 is 0. The Hall–Kier alpha value is -0.900. The molecule has 3 nitrogen and oxygen atoms in total. The minimum Gasteiger partial charge on any atom is -0.313 e. The fourth-order valence-electron chi connectivity index (χ4n) is 3.81. The summed E-state index contributed by atoms with van der Waals surface area (Å²) in [5.74, 6) is 0.874. The van der Waals surface area contributed by atoms with Crippen LogP contribution in [0.5, 0.6) is 0 Å². The van der Waals surface area contributed by atoms with Gasteiger partial charge in [0.05, 0.1) is 0 Å². The lowest BCUT2D eigenvalue weighted by atomic mass is 9.93. The second kappa shape index (κ2) is 6.91. The Balaban J connectivity index is 1.69. The number of rotatable bonds is 3. The van der Waals surface area contributed by atoms with Gasteiger partial charge in [-0.1, -0.05) is 37.3 Å². The van der Waals surface area contributed by atoms with E-state index in [1.807, 2.05) is 0 Å². The Kier molecular flexibility index (Phi) is 4.94. The maximum atomic E-state index is 3.72. The van der Waals surface area contributed by atoms with Crippen LogP contribution in [0, 0.1) is 5.92 Å². The van der Waals surface area contributed by atoms with Crippen LogP contribution < -0.4 is 5.32 Å². The third-order valence-corrected chi connectivity index (χ3v) is 5.09. The number of nitrogens with one attached hydrogen (secondary N) is 1. The van der Waals surface area contributed by atoms with Gasteiger partial charge in [0, 0.05) is 38.3 Å². The van der Waals surface area contributed by atoms with Crippen LogP contribution in [0.2, 0.25) is 0 Å². The maximum Gasteiger partial charge on any atom is 0.0476 e. The van der Waals surface area contributed by atoms with Crippen molar-refractivity contribution in [2.45, 2.75) is 31.8 Å². The van der Waals surface area contributed by atoms with Gasteiger partial charge in [0.15, 0.2) is 0 Å². The minimum atomic E-state index is 0.545. The smallest absolute Gasteiger partial charge is 0.0476 e. The van der Waals surface area contributed by atoms with Gasteiger partial charge in [-0.05, 0) is 37.9 Å². The molecule has 0 saturated carbocycles. The number of piperazine rings is 1. The fourth-order valence-corrected chi connectivity index (χ4v) is 3.81. The number of nitrogens with zero attached hydrogens (tertiary/aromatic N) is 2. The van der Waals surface area contributed by atoms with Crippen LogP contribution >= 0.6 is 0 Å². The summed E-state index contributed by atoms with van der Waals surface area (Å²) in [7, 11) is 2.24. The molecule has 2 aliphatic rings. The van der Waals surface area contributed by atoms with Crippen molar-refractivity contribution in [1.82, 2.24) is 15.1 Å². The molecule has 3 atom stereocenters. The third-order valence-electron chi connectivity index (χ3n) is 5.09. The van der Waals surface area contributed by atoms with Gasteiger partial charge in [-0.25, -0.2) is 0 Å². The van der Waals surface area contributed by atoms with E-state index in [-0.39, 0.29) is 0 Å². The fraction of sp³-hybridized carbons (Fsp3) is 0.667. The highest BCUT2D eigenvalue weighted by Crippen LogP contribution is 2.26. The lowest BCUT2D eigenvalue weighted by Gasteiger charge is -2.43. The average molecular weight is 287 g/mol. The molecule has 2 heterocycles. The van der Waals surface area contributed by atoms with E-state index in [1.165, 1.54) is 44.6 Å². The summed E-state index contributed by atoms with van der Waals surface area (Å²) in [5.41, 5.74) is 1.47. The van der Waals surface area contributed by atoms with Crippen molar-refractivity contribution in [3.63, 3.8) is 0 Å². The van der Waals surface area contributed by atoms with Gasteiger partial charge >= 0.3 is 0 Å². The zero-order valence-corrected chi connectivity index (χ0v) is 13.5. The molecule has 1 aromatic rings. The Bertz CT molecular complexity index is 433. The summed E-state index contributed by atoms with van der Waals surface area (Å²) in [6.45, 7) is 8.29. The molecule has 0 radical (unpaired) electrons. The summed E-state index contributed by atoms with van der Waals surface area (Å²) in [6, 6.07) is 12.2. The number of likely N-dealkylation sites (N-methyl/N-ethyl adjacent to an activating group) is 1. The molecule has 3 heteroatoms. The summed E-state index contributed by atoms with van der Waals surface area (Å²) < 4.78 is 0. The second-order valence-corrected chi connectivity index (χ2v) is 6.96. The first kappa shape index (κ1) is 15.0. The Morgan fingerprint density at radius 3 is 2.76 bits per heavy atom. The van der Waals surface area contributed by atoms with Gasteiger partial charge < -0.3 is 10.2 Å². The van der Waals surface area contributed by atoms with E-state index < -0.39 is 0 Å². The molecule has 116 valence electrons. The first-order valence-electron chi connectivity index (χ1n) is 8.43. The quantitative estimate of drug-likeness (QED) is 0.921. The zero-order valence-electron chi connectivity index (χ0n) is 13.5. The van der Waals surface area contributed by atoms with Crippen LogP contribution in [0.4, 0.5) is 0 Å². The van der Waals surface area contributed by atoms with Crippen molar-refractivity contribution >= 4 is 0 Å².